The summed E-state index contributed by atoms with van der Waals surface area (Å²) in [6.07, 6.45) is 10.6. The second-order valence-electron chi connectivity index (χ2n) is 29.0. The first-order valence-electron chi connectivity index (χ1n) is 42.2. The number of hydrogen-bond donors (Lipinski definition) is 2. The second-order valence-corrected chi connectivity index (χ2v) is 29.0. The molecule has 0 heterocycles. The maximum absolute atomic E-state index is 11.2. The number of benzene rings is 4. The first kappa shape index (κ1) is 121. The number of esters is 12. The number of aliphatic hydroxyl groups excluding tert-OH is 2. The van der Waals surface area contributed by atoms with Crippen molar-refractivity contribution in [1.29, 1.82) is 0 Å². The number of carbonyl (C=O) groups excluding carboxylic acids is 12. The van der Waals surface area contributed by atoms with E-state index in [-0.39, 0.29) is 156 Å². The van der Waals surface area contributed by atoms with E-state index in [9.17, 15) is 67.7 Å². The minimum atomic E-state index is -1.50. The van der Waals surface area contributed by atoms with Gasteiger partial charge in [0.1, 0.15) is 140 Å². The summed E-state index contributed by atoms with van der Waals surface area (Å²) < 4.78 is 109. The van der Waals surface area contributed by atoms with E-state index in [1.165, 1.54) is 0 Å². The van der Waals surface area contributed by atoms with Crippen LogP contribution in [0.1, 0.15) is 97.4 Å². The normalized spacial score (nSPS) is 11.7. The third-order valence-corrected chi connectivity index (χ3v) is 17.8. The molecule has 0 aliphatic carbocycles. The van der Waals surface area contributed by atoms with Crippen molar-refractivity contribution in [2.75, 3.05) is 132 Å². The van der Waals surface area contributed by atoms with Crippen LogP contribution in [-0.4, -0.2) is 250 Å². The first-order chi connectivity index (χ1) is 64.2. The zero-order valence-electron chi connectivity index (χ0n) is 78.5. The van der Waals surface area contributed by atoms with Gasteiger partial charge in [-0.05, 0) is 98.0 Å². The predicted molar refractivity (Wildman–Crippen MR) is 497 cm³/mol. The highest BCUT2D eigenvalue weighted by molar-refractivity contribution is 5.85. The molecule has 0 aromatic heterocycles. The summed E-state index contributed by atoms with van der Waals surface area (Å²) in [5.41, 5.74) is 2.48. The van der Waals surface area contributed by atoms with Crippen molar-refractivity contribution in [2.24, 2.45) is 5.41 Å². The van der Waals surface area contributed by atoms with Crippen LogP contribution in [0.15, 0.2) is 249 Å². The molecule has 0 aliphatic heterocycles. The van der Waals surface area contributed by atoms with Gasteiger partial charge in [-0.1, -0.05) is 169 Å². The molecule has 0 amide bonds. The SMILES string of the molecule is C=CC(=O)OCC(C)OCC(C)OCC(C)OC(=O)C=C.C=CC(=O)OCC(CC)(COC(=O)C=C)COC(=O)C=C.C=CC(=O)OCC(O)COc1cccc(C(C)(C)c2cccc(OCC(O)COC(=O)C=C)c2)c1.C=CC(=O)OCCOC(CC)(OCCOC(=O)C=C)OCCOC(=O)C=C.C=CC(=O)OCCOc1cccc(C(C)(C)c2cccc(OCCOC(=O)C=C)c2)c1. The van der Waals surface area contributed by atoms with Crippen LogP contribution in [-0.2, 0) is 149 Å². The zero-order chi connectivity index (χ0) is 102. The van der Waals surface area contributed by atoms with Gasteiger partial charge in [-0.15, -0.1) is 0 Å². The van der Waals surface area contributed by atoms with Gasteiger partial charge in [-0.25, -0.2) is 57.5 Å². The molecule has 0 saturated heterocycles. The highest BCUT2D eigenvalue weighted by Crippen LogP contribution is 2.37. The van der Waals surface area contributed by atoms with Gasteiger partial charge in [-0.2, -0.15) is 0 Å². The minimum Gasteiger partial charge on any atom is -0.491 e. The summed E-state index contributed by atoms with van der Waals surface area (Å²) >= 11 is 0. The molecule has 0 aliphatic rings. The summed E-state index contributed by atoms with van der Waals surface area (Å²) in [6.45, 7) is 57.6. The average molecular weight is 1890 g/mol. The van der Waals surface area contributed by atoms with Crippen LogP contribution in [0.25, 0.3) is 0 Å². The number of ether oxygens (including phenoxy) is 21. The molecule has 4 aromatic rings. The maximum Gasteiger partial charge on any atom is 0.330 e. The van der Waals surface area contributed by atoms with Crippen molar-refractivity contribution in [3.8, 4) is 23.0 Å². The number of rotatable bonds is 63. The van der Waals surface area contributed by atoms with Gasteiger partial charge in [0, 0.05) is 90.2 Å². The molecule has 0 saturated carbocycles. The number of hydrogen-bond acceptors (Lipinski definition) is 35. The van der Waals surface area contributed by atoms with Crippen LogP contribution >= 0.6 is 0 Å². The smallest absolute Gasteiger partial charge is 0.330 e. The van der Waals surface area contributed by atoms with Gasteiger partial charge in [0.15, 0.2) is 0 Å². The third kappa shape index (κ3) is 54.8. The zero-order valence-corrected chi connectivity index (χ0v) is 78.5. The second kappa shape index (κ2) is 70.1. The van der Waals surface area contributed by atoms with E-state index in [4.69, 9.17) is 99.5 Å². The molecule has 2 N–H and O–H groups in total. The topological polar surface area (TPSA) is 439 Å². The summed E-state index contributed by atoms with van der Waals surface area (Å²) in [5, 5.41) is 19.9. The third-order valence-electron chi connectivity index (χ3n) is 17.8. The van der Waals surface area contributed by atoms with Crippen LogP contribution in [0, 0.1) is 5.41 Å². The lowest BCUT2D eigenvalue weighted by Crippen LogP contribution is -2.41. The van der Waals surface area contributed by atoms with Crippen LogP contribution in [0.4, 0.5) is 0 Å². The quantitative estimate of drug-likeness (QED) is 0.0136. The van der Waals surface area contributed by atoms with Crippen molar-refractivity contribution < 1.29 is 167 Å². The first-order valence-corrected chi connectivity index (χ1v) is 42.2. The molecule has 4 rings (SSSR count). The molecule has 4 aromatic carbocycles. The minimum absolute atomic E-state index is 0.0215. The van der Waals surface area contributed by atoms with Gasteiger partial charge >= 0.3 is 71.6 Å². The van der Waals surface area contributed by atoms with E-state index < -0.39 is 101 Å². The Morgan fingerprint density at radius 2 is 0.533 bits per heavy atom. The van der Waals surface area contributed by atoms with Crippen LogP contribution in [0.3, 0.4) is 0 Å². The molecule has 0 radical (unpaired) electrons. The fourth-order valence-corrected chi connectivity index (χ4v) is 10.1. The van der Waals surface area contributed by atoms with Crippen molar-refractivity contribution in [3.05, 3.63) is 271 Å². The molecule has 740 valence electrons. The molecule has 0 bridgehead atoms. The Morgan fingerprint density at radius 3 is 0.807 bits per heavy atom. The number of aliphatic hydroxyl groups is 2. The lowest BCUT2D eigenvalue weighted by Gasteiger charge is -2.32. The van der Waals surface area contributed by atoms with E-state index in [2.05, 4.69) is 107 Å². The Bertz CT molecular complexity index is 4180. The molecule has 35 heteroatoms. The Labute approximate surface area is 789 Å². The molecular formula is C100H130O35. The fourth-order valence-electron chi connectivity index (χ4n) is 10.1. The van der Waals surface area contributed by atoms with E-state index >= 15 is 0 Å². The fraction of sp³-hybridized carbons (Fsp3) is 0.400. The van der Waals surface area contributed by atoms with Gasteiger partial charge in [0.2, 0.25) is 0 Å². The molecular weight excluding hydrogens is 1760 g/mol. The van der Waals surface area contributed by atoms with Crippen LogP contribution in [0.2, 0.25) is 0 Å². The van der Waals surface area contributed by atoms with Crippen molar-refractivity contribution >= 4 is 71.6 Å². The van der Waals surface area contributed by atoms with Crippen molar-refractivity contribution in [1.82, 2.24) is 0 Å². The standard InChI is InChI=1S/C27H32O8.C25H28O6.C18H26O9.C15H24O6.C15H20O6/c1-5-25(30)34-17-21(28)15-32-23-11-7-9-19(13-23)27(3,4)20-10-8-12-24(14-20)33-16-22(29)18-35-26(31)6-2;1-5-23(26)30-15-13-28-21-11-7-9-19(17-21)25(3,4)20-10-8-12-22(18-20)29-14-16-31-24(27)6-2;1-5-15(19)22-9-12-25-18(8-4,26-13-10-23-16(20)6-2)27-14-11-24-17(21)7-3;1-6-14(16)20-9-12(4)18-8-11(3)19-10-13(5)21-15(17)7-2;1-5-12(16)19-9-15(8-4,10-20-13(17)6-2)11-21-14(18)7-3/h5-14,21-22,28-29H,1-2,15-18H2,3-4H3;5-12,17-18H,1-2,13-16H2,3-4H3;5-7H,1-3,8-14H2,4H3;6-7,11-13H,1-2,8-10H2,3-5H3;5-7H,1-3,8-11H2,4H3. The Hall–Kier alpha value is -13.7. The molecule has 135 heavy (non-hydrogen) atoms. The van der Waals surface area contributed by atoms with E-state index in [1.807, 2.05) is 91.9 Å². The van der Waals surface area contributed by atoms with E-state index in [1.54, 1.807) is 39.8 Å². The monoisotopic (exact) mass is 1890 g/mol. The van der Waals surface area contributed by atoms with Gasteiger partial charge in [-0.3, -0.25) is 0 Å². The Kier molecular flexibility index (Phi) is 63.0. The van der Waals surface area contributed by atoms with E-state index in [0.29, 0.717) is 36.0 Å². The lowest BCUT2D eigenvalue weighted by molar-refractivity contribution is -0.385. The molecule has 0 spiro atoms. The Morgan fingerprint density at radius 1 is 0.289 bits per heavy atom. The highest BCUT2D eigenvalue weighted by Gasteiger charge is 2.35. The molecule has 5 atom stereocenters. The van der Waals surface area contributed by atoms with Crippen molar-refractivity contribution in [3.63, 3.8) is 0 Å². The van der Waals surface area contributed by atoms with Gasteiger partial charge in [0.05, 0.1) is 50.7 Å². The van der Waals surface area contributed by atoms with Gasteiger partial charge in [0.25, 0.3) is 5.97 Å². The van der Waals surface area contributed by atoms with Crippen LogP contribution < -0.4 is 18.9 Å². The van der Waals surface area contributed by atoms with Crippen molar-refractivity contribution in [2.45, 2.75) is 122 Å². The number of carbonyl (C=O) groups is 12. The lowest BCUT2D eigenvalue weighted by atomic mass is 9.78. The molecule has 5 unspecified atom stereocenters. The highest BCUT2D eigenvalue weighted by atomic mass is 16.9. The summed E-state index contributed by atoms with van der Waals surface area (Å²) in [7, 11) is 0. The molecule has 35 nitrogen and oxygen atoms in total. The van der Waals surface area contributed by atoms with Crippen LogP contribution in [0.5, 0.6) is 23.0 Å². The summed E-state index contributed by atoms with van der Waals surface area (Å²) in [5.74, 6) is -5.71. The Balaban J connectivity index is 0.00000169. The largest absolute Gasteiger partial charge is 0.491 e. The predicted octanol–water partition coefficient (Wildman–Crippen LogP) is 11.7. The summed E-state index contributed by atoms with van der Waals surface area (Å²) in [6, 6.07) is 30.6. The average Bonchev–Trinajstić information content (AvgIpc) is 0.801. The molecule has 0 fully saturated rings. The summed E-state index contributed by atoms with van der Waals surface area (Å²) in [4.78, 5) is 133. The maximum atomic E-state index is 11.2. The van der Waals surface area contributed by atoms with Gasteiger partial charge < -0.3 is 110 Å². The van der Waals surface area contributed by atoms with E-state index in [0.717, 1.165) is 95.2 Å².